The van der Waals surface area contributed by atoms with Gasteiger partial charge >= 0.3 is 0 Å². The van der Waals surface area contributed by atoms with Gasteiger partial charge in [-0.2, -0.15) is 5.10 Å². The molecule has 5 aromatic rings. The van der Waals surface area contributed by atoms with Gasteiger partial charge in [-0.15, -0.1) is 0 Å². The maximum absolute atomic E-state index is 13.5. The second-order valence-electron chi connectivity index (χ2n) is 11.5. The minimum Gasteiger partial charge on any atom is -0.317 e. The number of hydrogen-bond donors (Lipinski definition) is 1. The molecule has 0 saturated heterocycles. The predicted molar refractivity (Wildman–Crippen MR) is 174 cm³/mol. The van der Waals surface area contributed by atoms with E-state index in [1.165, 1.54) is 24.3 Å². The van der Waals surface area contributed by atoms with Gasteiger partial charge < -0.3 is 10.2 Å². The number of nitrogens with zero attached hydrogens (tertiary/aromatic N) is 5. The number of benzene rings is 4. The van der Waals surface area contributed by atoms with Gasteiger partial charge in [-0.3, -0.25) is 14.9 Å². The van der Waals surface area contributed by atoms with E-state index in [4.69, 9.17) is 10.1 Å². The van der Waals surface area contributed by atoms with Crippen molar-refractivity contribution in [3.8, 4) is 5.69 Å². The first-order valence-corrected chi connectivity index (χ1v) is 16.1. The number of nitro groups is 1. The van der Waals surface area contributed by atoms with Crippen molar-refractivity contribution >= 4 is 44.5 Å². The summed E-state index contributed by atoms with van der Waals surface area (Å²) in [4.78, 5) is 31.4. The summed E-state index contributed by atoms with van der Waals surface area (Å²) >= 11 is 0. The Morgan fingerprint density at radius 3 is 2.15 bits per heavy atom. The minimum absolute atomic E-state index is 0.0521. The molecule has 0 unspecified atom stereocenters. The quantitative estimate of drug-likeness (QED) is 0.164. The van der Waals surface area contributed by atoms with E-state index in [0.717, 1.165) is 11.3 Å². The first-order chi connectivity index (χ1) is 22.0. The van der Waals surface area contributed by atoms with Crippen LogP contribution in [-0.4, -0.2) is 34.9 Å². The molecule has 1 aromatic heterocycles. The van der Waals surface area contributed by atoms with Gasteiger partial charge in [0.05, 0.1) is 43.5 Å². The number of aromatic nitrogens is 2. The monoisotopic (exact) mass is 632 g/mol. The Hall–Kier alpha value is -5.62. The van der Waals surface area contributed by atoms with Crippen molar-refractivity contribution in [3.05, 3.63) is 130 Å². The molecule has 0 fully saturated rings. The van der Waals surface area contributed by atoms with E-state index in [-0.39, 0.29) is 27.2 Å². The molecule has 230 valence electrons. The highest BCUT2D eigenvalue weighted by Crippen LogP contribution is 2.47. The van der Waals surface area contributed by atoms with Crippen LogP contribution in [0.25, 0.3) is 5.69 Å². The van der Waals surface area contributed by atoms with Crippen LogP contribution in [0.4, 0.5) is 22.9 Å². The van der Waals surface area contributed by atoms with Crippen LogP contribution in [0.3, 0.4) is 0 Å². The molecule has 7 rings (SSSR count). The molecule has 11 nitrogen and oxygen atoms in total. The number of para-hydroxylation sites is 2. The molecule has 2 aliphatic heterocycles. The Kier molecular flexibility index (Phi) is 6.82. The van der Waals surface area contributed by atoms with E-state index < -0.39 is 26.7 Å². The van der Waals surface area contributed by atoms with E-state index in [9.17, 15) is 23.3 Å². The molecule has 2 aliphatic rings. The smallest absolute Gasteiger partial charge is 0.291 e. The molecule has 1 N–H and O–H groups in total. The fourth-order valence-corrected chi connectivity index (χ4v) is 7.21. The number of hydrogen-bond acceptors (Lipinski definition) is 8. The molecule has 0 radical (unpaired) electrons. The van der Waals surface area contributed by atoms with Crippen LogP contribution >= 0.6 is 0 Å². The predicted octanol–water partition coefficient (Wildman–Crippen LogP) is 6.64. The van der Waals surface area contributed by atoms with Crippen LogP contribution in [0.1, 0.15) is 48.2 Å². The molecule has 12 heteroatoms. The Labute approximate surface area is 264 Å². The average molecular weight is 633 g/mol. The molecule has 3 heterocycles. The lowest BCUT2D eigenvalue weighted by atomic mass is 9.93. The van der Waals surface area contributed by atoms with Gasteiger partial charge in [0, 0.05) is 17.7 Å². The number of rotatable bonds is 6. The number of fused-ring (bicyclic) bond motifs is 4. The van der Waals surface area contributed by atoms with Gasteiger partial charge in [-0.05, 0) is 84.6 Å². The van der Waals surface area contributed by atoms with Crippen LogP contribution in [0.5, 0.6) is 0 Å². The molecule has 1 amide bonds. The van der Waals surface area contributed by atoms with Crippen LogP contribution in [-0.2, 0) is 14.6 Å². The zero-order valence-electron chi connectivity index (χ0n) is 25.1. The van der Waals surface area contributed by atoms with E-state index in [2.05, 4.69) is 5.32 Å². The molecule has 0 bridgehead atoms. The molecule has 1 atom stereocenters. The zero-order valence-corrected chi connectivity index (χ0v) is 25.9. The van der Waals surface area contributed by atoms with E-state index in [1.807, 2.05) is 56.0 Å². The van der Waals surface area contributed by atoms with Gasteiger partial charge in [0.25, 0.3) is 11.6 Å². The third-order valence-electron chi connectivity index (χ3n) is 8.34. The van der Waals surface area contributed by atoms with Crippen molar-refractivity contribution in [1.82, 2.24) is 9.78 Å². The molecule has 46 heavy (non-hydrogen) atoms. The molecule has 4 aromatic carbocycles. The maximum atomic E-state index is 13.5. The van der Waals surface area contributed by atoms with Crippen molar-refractivity contribution in [3.63, 3.8) is 0 Å². The number of sulfone groups is 1. The summed E-state index contributed by atoms with van der Waals surface area (Å²) in [6.45, 7) is 5.94. The fraction of sp³-hybridized carbons (Fsp3) is 0.147. The largest absolute Gasteiger partial charge is 0.317 e. The van der Waals surface area contributed by atoms with Gasteiger partial charge in [0.15, 0.2) is 5.82 Å². The lowest BCUT2D eigenvalue weighted by Crippen LogP contribution is -2.48. The lowest BCUT2D eigenvalue weighted by Gasteiger charge is -2.40. The van der Waals surface area contributed by atoms with Gasteiger partial charge in [0.2, 0.25) is 15.7 Å². The average Bonchev–Trinajstić information content (AvgIpc) is 3.39. The van der Waals surface area contributed by atoms with E-state index in [0.29, 0.717) is 34.0 Å². The second kappa shape index (κ2) is 10.8. The number of non-ortho nitro benzene ring substituents is 1. The number of amidine groups is 1. The molecular weight excluding hydrogens is 604 g/mol. The zero-order chi connectivity index (χ0) is 32.3. The lowest BCUT2D eigenvalue weighted by molar-refractivity contribution is -0.384. The van der Waals surface area contributed by atoms with Gasteiger partial charge in [-0.25, -0.2) is 18.1 Å². The van der Waals surface area contributed by atoms with Crippen LogP contribution < -0.4 is 10.2 Å². The Morgan fingerprint density at radius 1 is 0.891 bits per heavy atom. The number of nitrogens with one attached hydrogen (secondary N) is 1. The number of anilines is 2. The van der Waals surface area contributed by atoms with Gasteiger partial charge in [0.1, 0.15) is 0 Å². The summed E-state index contributed by atoms with van der Waals surface area (Å²) in [5, 5.41) is 19.1. The number of nitro benzene ring substituents is 1. The Morgan fingerprint density at radius 2 is 1.52 bits per heavy atom. The number of aryl methyl sites for hydroxylation is 1. The summed E-state index contributed by atoms with van der Waals surface area (Å²) in [6.07, 6.45) is 0. The third kappa shape index (κ3) is 4.65. The summed E-state index contributed by atoms with van der Waals surface area (Å²) in [7, 11) is -3.76. The highest BCUT2D eigenvalue weighted by molar-refractivity contribution is 7.91. The van der Waals surface area contributed by atoms with Gasteiger partial charge in [-0.1, -0.05) is 38.1 Å². The van der Waals surface area contributed by atoms with Crippen molar-refractivity contribution < 1.29 is 18.1 Å². The highest BCUT2D eigenvalue weighted by atomic mass is 32.2. The minimum atomic E-state index is -3.76. The van der Waals surface area contributed by atoms with Crippen LogP contribution in [0.15, 0.2) is 112 Å². The SMILES string of the molecule is Cc1nn(-c2ccc(S(=O)(=O)c3ccc(C(C)C)cc3)cc2)c2c1[C@@H](c1ccc([N+](=O)[O-])cc1)N1C(=N2)C(=O)Nc2ccccc21. The maximum Gasteiger partial charge on any atom is 0.291 e. The number of amides is 1. The summed E-state index contributed by atoms with van der Waals surface area (Å²) in [6, 6.07) is 26.3. The molecular formula is C34H28N6O5S. The molecule has 0 aliphatic carbocycles. The normalized spacial score (nSPS) is 15.5. The Balaban J connectivity index is 1.34. The standard InChI is InChI=1S/C34H28N6O5S/c1-20(2)22-10-16-26(17-11-22)46(44,45)27-18-14-24(15-19-27)39-32-30(21(3)37-39)31(23-8-12-25(13-9-23)40(42)43)38-29-7-5-4-6-28(29)35-34(41)33(38)36-32/h4-20,31H,1-3H3,(H,35,41)/t31-/m1/s1. The van der Waals surface area contributed by atoms with Crippen molar-refractivity contribution in [2.45, 2.75) is 42.5 Å². The number of aliphatic imine (C=N–C) groups is 1. The molecule has 0 saturated carbocycles. The van der Waals surface area contributed by atoms with Crippen molar-refractivity contribution in [2.75, 3.05) is 10.2 Å². The summed E-state index contributed by atoms with van der Waals surface area (Å²) in [5.74, 6) is 0.414. The van der Waals surface area contributed by atoms with Crippen molar-refractivity contribution in [2.24, 2.45) is 4.99 Å². The Bertz CT molecular complexity index is 2170. The summed E-state index contributed by atoms with van der Waals surface area (Å²) in [5.41, 5.74) is 4.93. The number of carbonyl (C=O) groups excluding carboxylic acids is 1. The second-order valence-corrected chi connectivity index (χ2v) is 13.4. The number of carbonyl (C=O) groups is 1. The van der Waals surface area contributed by atoms with Crippen LogP contribution in [0.2, 0.25) is 0 Å². The van der Waals surface area contributed by atoms with E-state index in [1.54, 1.807) is 47.1 Å². The van der Waals surface area contributed by atoms with Crippen molar-refractivity contribution in [1.29, 1.82) is 0 Å². The fourth-order valence-electron chi connectivity index (χ4n) is 5.95. The third-order valence-corrected chi connectivity index (χ3v) is 10.1. The first-order valence-electron chi connectivity index (χ1n) is 14.6. The van der Waals surface area contributed by atoms with E-state index >= 15 is 0 Å². The first kappa shape index (κ1) is 29.1. The molecule has 0 spiro atoms. The van der Waals surface area contributed by atoms with Crippen LogP contribution in [0, 0.1) is 17.0 Å². The highest BCUT2D eigenvalue weighted by Gasteiger charge is 2.42. The topological polar surface area (TPSA) is 140 Å². The summed E-state index contributed by atoms with van der Waals surface area (Å²) < 4.78 is 28.4.